The van der Waals surface area contributed by atoms with E-state index in [1.54, 1.807) is 4.68 Å². The van der Waals surface area contributed by atoms with Crippen molar-refractivity contribution < 1.29 is 4.43 Å². The van der Waals surface area contributed by atoms with E-state index in [1.807, 2.05) is 13.2 Å². The molecule has 0 spiro atoms. The Hall–Kier alpha value is -0.293. The van der Waals surface area contributed by atoms with Gasteiger partial charge in [-0.25, -0.2) is 0 Å². The Kier molecular flexibility index (Phi) is 3.35. The molecule has 0 aliphatic heterocycles. The van der Waals surface area contributed by atoms with Gasteiger partial charge in [0.15, 0.2) is 0 Å². The van der Waals surface area contributed by atoms with E-state index in [1.165, 1.54) is 0 Å². The van der Waals surface area contributed by atoms with Crippen LogP contribution in [0.1, 0.15) is 20.8 Å². The lowest BCUT2D eigenvalue weighted by Crippen LogP contribution is -2.44. The van der Waals surface area contributed by atoms with Crippen LogP contribution in [0.5, 0.6) is 5.88 Å². The van der Waals surface area contributed by atoms with Crippen molar-refractivity contribution in [2.75, 3.05) is 0 Å². The maximum absolute atomic E-state index is 6.08. The fourth-order valence-electron chi connectivity index (χ4n) is 0.903. The Morgan fingerprint density at radius 1 is 1.40 bits per heavy atom. The van der Waals surface area contributed by atoms with E-state index in [0.29, 0.717) is 5.88 Å². The highest BCUT2D eigenvalue weighted by Gasteiger charge is 2.39. The molecule has 1 aromatic rings. The zero-order chi connectivity index (χ0) is 11.9. The van der Waals surface area contributed by atoms with Crippen molar-refractivity contribution in [3.63, 3.8) is 0 Å². The molecule has 0 amide bonds. The van der Waals surface area contributed by atoms with E-state index < -0.39 is 8.32 Å². The summed E-state index contributed by atoms with van der Waals surface area (Å²) < 4.78 is 8.76. The molecular formula is C10H19BrN2OSi. The van der Waals surface area contributed by atoms with Crippen LogP contribution < -0.4 is 4.43 Å². The Labute approximate surface area is 101 Å². The third-order valence-corrected chi connectivity index (χ3v) is 7.77. The van der Waals surface area contributed by atoms with Gasteiger partial charge in [-0.1, -0.05) is 20.8 Å². The van der Waals surface area contributed by atoms with Gasteiger partial charge in [0.1, 0.15) is 0 Å². The normalized spacial score (nSPS) is 13.0. The molecule has 0 saturated heterocycles. The molecule has 0 saturated carbocycles. The van der Waals surface area contributed by atoms with Gasteiger partial charge < -0.3 is 4.43 Å². The largest absolute Gasteiger partial charge is 0.529 e. The van der Waals surface area contributed by atoms with Crippen molar-refractivity contribution in [2.24, 2.45) is 7.05 Å². The van der Waals surface area contributed by atoms with Gasteiger partial charge >= 0.3 is 0 Å². The van der Waals surface area contributed by atoms with Crippen LogP contribution in [0.25, 0.3) is 0 Å². The lowest BCUT2D eigenvalue weighted by Gasteiger charge is -2.35. The molecule has 86 valence electrons. The summed E-state index contributed by atoms with van der Waals surface area (Å²) in [5, 5.41) is 4.49. The summed E-state index contributed by atoms with van der Waals surface area (Å²) in [5.41, 5.74) is 0. The molecule has 0 fully saturated rings. The summed E-state index contributed by atoms with van der Waals surface area (Å²) in [7, 11) is 0.123. The number of halogens is 1. The molecular weight excluding hydrogens is 272 g/mol. The lowest BCUT2D eigenvalue weighted by molar-refractivity contribution is 0.467. The molecule has 0 radical (unpaired) electrons. The standard InChI is InChI=1S/C10H19BrN2OSi/c1-10(2,3)15(5,6)14-9-8(11)7-13(4)12-9/h7H,1-6H3. The predicted molar refractivity (Wildman–Crippen MR) is 68.7 cm³/mol. The second-order valence-corrected chi connectivity index (χ2v) is 10.9. The van der Waals surface area contributed by atoms with Crippen molar-refractivity contribution >= 4 is 24.2 Å². The SMILES string of the molecule is Cn1cc(Br)c(O[Si](C)(C)C(C)(C)C)n1. The van der Waals surface area contributed by atoms with Crippen LogP contribution >= 0.6 is 15.9 Å². The number of aryl methyl sites for hydroxylation is 1. The summed E-state index contributed by atoms with van der Waals surface area (Å²) >= 11 is 3.45. The van der Waals surface area contributed by atoms with Gasteiger partial charge in [0.05, 0.1) is 4.47 Å². The predicted octanol–water partition coefficient (Wildman–Crippen LogP) is 3.57. The fourth-order valence-corrected chi connectivity index (χ4v) is 2.45. The molecule has 0 aromatic carbocycles. The number of rotatable bonds is 2. The van der Waals surface area contributed by atoms with Gasteiger partial charge in [-0.3, -0.25) is 4.68 Å². The first-order valence-corrected chi connectivity index (χ1v) is 8.72. The van der Waals surface area contributed by atoms with E-state index in [4.69, 9.17) is 4.43 Å². The minimum Gasteiger partial charge on any atom is -0.529 e. The number of hydrogen-bond donors (Lipinski definition) is 0. The minimum absolute atomic E-state index is 0.198. The molecule has 1 aromatic heterocycles. The molecule has 5 heteroatoms. The molecule has 1 heterocycles. The van der Waals surface area contributed by atoms with Crippen LogP contribution in [0.4, 0.5) is 0 Å². The second kappa shape index (κ2) is 3.94. The quantitative estimate of drug-likeness (QED) is 0.779. The molecule has 0 unspecified atom stereocenters. The average molecular weight is 291 g/mol. The molecule has 0 bridgehead atoms. The molecule has 0 atom stereocenters. The van der Waals surface area contributed by atoms with E-state index in [2.05, 4.69) is 54.9 Å². The minimum atomic E-state index is -1.77. The molecule has 0 N–H and O–H groups in total. The van der Waals surface area contributed by atoms with Crippen molar-refractivity contribution in [1.29, 1.82) is 0 Å². The number of aromatic nitrogens is 2. The van der Waals surface area contributed by atoms with E-state index in [0.717, 1.165) is 4.47 Å². The van der Waals surface area contributed by atoms with Crippen LogP contribution in [-0.4, -0.2) is 18.1 Å². The topological polar surface area (TPSA) is 27.1 Å². The molecule has 0 aliphatic rings. The highest BCUT2D eigenvalue weighted by atomic mass is 79.9. The van der Waals surface area contributed by atoms with E-state index in [-0.39, 0.29) is 5.04 Å². The summed E-state index contributed by atoms with van der Waals surface area (Å²) in [6.07, 6.45) is 1.91. The summed E-state index contributed by atoms with van der Waals surface area (Å²) in [4.78, 5) is 0. The van der Waals surface area contributed by atoms with E-state index in [9.17, 15) is 0 Å². The molecule has 1 rings (SSSR count). The molecule has 15 heavy (non-hydrogen) atoms. The number of hydrogen-bond acceptors (Lipinski definition) is 2. The zero-order valence-electron chi connectivity index (χ0n) is 10.3. The molecule has 0 aliphatic carbocycles. The second-order valence-electron chi connectivity index (χ2n) is 5.32. The van der Waals surface area contributed by atoms with Gasteiger partial charge in [-0.2, -0.15) is 0 Å². The monoisotopic (exact) mass is 290 g/mol. The first kappa shape index (κ1) is 12.8. The van der Waals surface area contributed by atoms with Gasteiger partial charge in [-0.05, 0) is 34.1 Å². The van der Waals surface area contributed by atoms with Crippen LogP contribution in [0, 0.1) is 0 Å². The van der Waals surface area contributed by atoms with Gasteiger partial charge in [0, 0.05) is 13.2 Å². The Morgan fingerprint density at radius 2 is 1.93 bits per heavy atom. The third kappa shape index (κ3) is 2.84. The highest BCUT2D eigenvalue weighted by molar-refractivity contribution is 9.10. The van der Waals surface area contributed by atoms with Crippen molar-refractivity contribution in [2.45, 2.75) is 38.9 Å². The molecule has 3 nitrogen and oxygen atoms in total. The van der Waals surface area contributed by atoms with E-state index >= 15 is 0 Å². The highest BCUT2D eigenvalue weighted by Crippen LogP contribution is 2.38. The maximum atomic E-state index is 6.08. The van der Waals surface area contributed by atoms with Crippen LogP contribution in [-0.2, 0) is 7.05 Å². The Morgan fingerprint density at radius 3 is 2.27 bits per heavy atom. The van der Waals surface area contributed by atoms with Gasteiger partial charge in [-0.15, -0.1) is 5.10 Å². The number of nitrogens with zero attached hydrogens (tertiary/aromatic N) is 2. The third-order valence-electron chi connectivity index (χ3n) is 2.91. The van der Waals surface area contributed by atoms with Crippen molar-refractivity contribution in [3.8, 4) is 5.88 Å². The Balaban J connectivity index is 2.91. The summed E-state index contributed by atoms with van der Waals surface area (Å²) in [6.45, 7) is 11.1. The van der Waals surface area contributed by atoms with Crippen LogP contribution in [0.2, 0.25) is 18.1 Å². The van der Waals surface area contributed by atoms with Crippen LogP contribution in [0.3, 0.4) is 0 Å². The summed E-state index contributed by atoms with van der Waals surface area (Å²) in [5.74, 6) is 0.712. The van der Waals surface area contributed by atoms with Crippen molar-refractivity contribution in [3.05, 3.63) is 10.7 Å². The zero-order valence-corrected chi connectivity index (χ0v) is 12.8. The van der Waals surface area contributed by atoms with Gasteiger partial charge in [0.25, 0.3) is 8.32 Å². The average Bonchev–Trinajstić information content (AvgIpc) is 2.26. The van der Waals surface area contributed by atoms with Crippen molar-refractivity contribution in [1.82, 2.24) is 9.78 Å². The maximum Gasteiger partial charge on any atom is 0.252 e. The van der Waals surface area contributed by atoms with Gasteiger partial charge in [0.2, 0.25) is 5.88 Å². The van der Waals surface area contributed by atoms with Crippen LogP contribution in [0.15, 0.2) is 10.7 Å². The Bertz CT molecular complexity index is 355. The summed E-state index contributed by atoms with van der Waals surface area (Å²) in [6, 6.07) is 0. The first-order chi connectivity index (χ1) is 6.63. The fraction of sp³-hybridized carbons (Fsp3) is 0.700. The first-order valence-electron chi connectivity index (χ1n) is 5.01. The lowest BCUT2D eigenvalue weighted by atomic mass is 10.2. The smallest absolute Gasteiger partial charge is 0.252 e.